The van der Waals surface area contributed by atoms with Crippen LogP contribution in [0.4, 0.5) is 0 Å². The summed E-state index contributed by atoms with van der Waals surface area (Å²) in [4.78, 5) is 5.80. The molecule has 0 fully saturated rings. The number of halogens is 1. The van der Waals surface area contributed by atoms with Crippen molar-refractivity contribution >= 4 is 42.3 Å². The van der Waals surface area contributed by atoms with E-state index in [1.54, 1.807) is 11.8 Å². The first kappa shape index (κ1) is 16.9. The third-order valence-corrected chi connectivity index (χ3v) is 5.03. The smallest absolute Gasteiger partial charge is 0.192 e. The number of hydrogen-bond acceptors (Lipinski definition) is 4. The summed E-state index contributed by atoms with van der Waals surface area (Å²) in [5.74, 6) is 0.895. The maximum atomic E-state index is 4.51. The topological polar surface area (TPSA) is 36.4 Å². The standard InChI is InChI=1S/C19H19N3S.ClH/c1-23-15-8-9-17-14(12-15)7-6-13-4-2-3-5-16(13)18(17)22-19-20-10-11-21-19;/h2-9,12,18H,10-11H2,1H3,(H2,20,21,22);1H. The first-order valence-electron chi connectivity index (χ1n) is 7.85. The molecule has 1 heterocycles. The number of fused-ring (bicyclic) bond motifs is 2. The quantitative estimate of drug-likeness (QED) is 0.799. The number of hydrogen-bond donors (Lipinski definition) is 2. The van der Waals surface area contributed by atoms with Crippen LogP contribution in [0, 0.1) is 0 Å². The second-order valence-corrected chi connectivity index (χ2v) is 6.57. The molecule has 0 saturated carbocycles. The number of nitrogens with one attached hydrogen (secondary N) is 2. The molecule has 2 aromatic carbocycles. The Morgan fingerprint density at radius 2 is 1.88 bits per heavy atom. The van der Waals surface area contributed by atoms with Gasteiger partial charge in [0.25, 0.3) is 0 Å². The van der Waals surface area contributed by atoms with Gasteiger partial charge in [-0.25, -0.2) is 0 Å². The fraction of sp³-hybridized carbons (Fsp3) is 0.211. The lowest BCUT2D eigenvalue weighted by atomic mass is 9.94. The third-order valence-electron chi connectivity index (χ3n) is 4.31. The van der Waals surface area contributed by atoms with Crippen LogP contribution in [-0.2, 0) is 0 Å². The average Bonchev–Trinajstić information content (AvgIpc) is 3.06. The van der Waals surface area contributed by atoms with Crippen molar-refractivity contribution in [2.24, 2.45) is 4.99 Å². The lowest BCUT2D eigenvalue weighted by Crippen LogP contribution is -2.37. The van der Waals surface area contributed by atoms with Crippen molar-refractivity contribution in [1.29, 1.82) is 0 Å². The summed E-state index contributed by atoms with van der Waals surface area (Å²) in [6.45, 7) is 1.75. The van der Waals surface area contributed by atoms with Crippen molar-refractivity contribution in [2.45, 2.75) is 10.9 Å². The molecule has 1 aliphatic heterocycles. The molecule has 4 rings (SSSR count). The molecule has 0 amide bonds. The lowest BCUT2D eigenvalue weighted by Gasteiger charge is -2.23. The van der Waals surface area contributed by atoms with E-state index in [-0.39, 0.29) is 18.4 Å². The van der Waals surface area contributed by atoms with Crippen LogP contribution in [0.3, 0.4) is 0 Å². The Morgan fingerprint density at radius 3 is 2.67 bits per heavy atom. The van der Waals surface area contributed by atoms with Gasteiger partial charge >= 0.3 is 0 Å². The second-order valence-electron chi connectivity index (χ2n) is 5.69. The van der Waals surface area contributed by atoms with Gasteiger partial charge in [0.05, 0.1) is 12.6 Å². The number of nitrogens with zero attached hydrogens (tertiary/aromatic N) is 1. The zero-order valence-electron chi connectivity index (χ0n) is 13.5. The number of rotatable bonds is 2. The van der Waals surface area contributed by atoms with Gasteiger partial charge in [-0.15, -0.1) is 24.2 Å². The molecule has 0 bridgehead atoms. The second kappa shape index (κ2) is 7.32. The molecule has 0 aromatic heterocycles. The minimum Gasteiger partial charge on any atom is -0.355 e. The molecule has 124 valence electrons. The van der Waals surface area contributed by atoms with Crippen LogP contribution in [-0.4, -0.2) is 25.3 Å². The van der Waals surface area contributed by atoms with Crippen molar-refractivity contribution < 1.29 is 0 Å². The van der Waals surface area contributed by atoms with E-state index in [0.29, 0.717) is 0 Å². The fourth-order valence-corrected chi connectivity index (χ4v) is 3.60. The minimum absolute atomic E-state index is 0. The lowest BCUT2D eigenvalue weighted by molar-refractivity contribution is 0.741. The largest absolute Gasteiger partial charge is 0.355 e. The van der Waals surface area contributed by atoms with Crippen molar-refractivity contribution in [3.05, 3.63) is 64.7 Å². The van der Waals surface area contributed by atoms with E-state index < -0.39 is 0 Å². The molecule has 2 aliphatic rings. The summed E-state index contributed by atoms with van der Waals surface area (Å²) in [6, 6.07) is 15.4. The minimum atomic E-state index is 0. The molecular weight excluding hydrogens is 338 g/mol. The molecule has 0 spiro atoms. The fourth-order valence-electron chi connectivity index (χ4n) is 3.15. The van der Waals surface area contributed by atoms with Crippen LogP contribution in [0.25, 0.3) is 12.2 Å². The Balaban J connectivity index is 0.00000169. The summed E-state index contributed by atoms with van der Waals surface area (Å²) in [7, 11) is 0. The molecular formula is C19H20ClN3S. The van der Waals surface area contributed by atoms with Gasteiger partial charge in [-0.1, -0.05) is 42.5 Å². The van der Waals surface area contributed by atoms with Crippen LogP contribution >= 0.6 is 24.2 Å². The summed E-state index contributed by atoms with van der Waals surface area (Å²) in [6.07, 6.45) is 6.55. The van der Waals surface area contributed by atoms with E-state index in [1.807, 2.05) is 0 Å². The Labute approximate surface area is 153 Å². The van der Waals surface area contributed by atoms with E-state index in [9.17, 15) is 0 Å². The normalized spacial score (nSPS) is 17.7. The van der Waals surface area contributed by atoms with Crippen molar-refractivity contribution in [1.82, 2.24) is 10.6 Å². The highest BCUT2D eigenvalue weighted by molar-refractivity contribution is 7.98. The third kappa shape index (κ3) is 3.17. The SMILES string of the molecule is CSc1ccc2c(c1)C=Cc1ccccc1C2NC1=NCCN1.Cl. The number of guanidine groups is 1. The molecule has 1 atom stereocenters. The summed E-state index contributed by atoms with van der Waals surface area (Å²) >= 11 is 1.78. The highest BCUT2D eigenvalue weighted by Gasteiger charge is 2.23. The van der Waals surface area contributed by atoms with Gasteiger partial charge in [-0.2, -0.15) is 0 Å². The Bertz CT molecular complexity index is 801. The number of benzene rings is 2. The maximum Gasteiger partial charge on any atom is 0.192 e. The van der Waals surface area contributed by atoms with Crippen LogP contribution in [0.5, 0.6) is 0 Å². The molecule has 0 radical (unpaired) electrons. The van der Waals surface area contributed by atoms with Gasteiger partial charge < -0.3 is 10.6 Å². The van der Waals surface area contributed by atoms with Crippen molar-refractivity contribution in [2.75, 3.05) is 19.3 Å². The molecule has 1 unspecified atom stereocenters. The predicted octanol–water partition coefficient (Wildman–Crippen LogP) is 3.95. The van der Waals surface area contributed by atoms with Gasteiger partial charge in [0.15, 0.2) is 5.96 Å². The van der Waals surface area contributed by atoms with Crippen LogP contribution < -0.4 is 10.6 Å². The monoisotopic (exact) mass is 357 g/mol. The Morgan fingerprint density at radius 1 is 1.08 bits per heavy atom. The van der Waals surface area contributed by atoms with Crippen LogP contribution in [0.2, 0.25) is 0 Å². The highest BCUT2D eigenvalue weighted by atomic mass is 35.5. The van der Waals surface area contributed by atoms with E-state index in [0.717, 1.165) is 19.0 Å². The van der Waals surface area contributed by atoms with E-state index in [2.05, 4.69) is 76.5 Å². The van der Waals surface area contributed by atoms with E-state index in [4.69, 9.17) is 0 Å². The van der Waals surface area contributed by atoms with Gasteiger partial charge in [-0.05, 0) is 40.6 Å². The van der Waals surface area contributed by atoms with Crippen molar-refractivity contribution in [3.8, 4) is 0 Å². The van der Waals surface area contributed by atoms with Gasteiger partial charge in [-0.3, -0.25) is 4.99 Å². The molecule has 5 heteroatoms. The molecule has 0 saturated heterocycles. The highest BCUT2D eigenvalue weighted by Crippen LogP contribution is 2.34. The van der Waals surface area contributed by atoms with Crippen LogP contribution in [0.1, 0.15) is 28.3 Å². The van der Waals surface area contributed by atoms with E-state index in [1.165, 1.54) is 27.1 Å². The molecule has 2 aromatic rings. The zero-order chi connectivity index (χ0) is 15.6. The maximum absolute atomic E-state index is 4.51. The zero-order valence-corrected chi connectivity index (χ0v) is 15.1. The Kier molecular flexibility index (Phi) is 5.17. The van der Waals surface area contributed by atoms with Gasteiger partial charge in [0.1, 0.15) is 0 Å². The number of aliphatic imine (C=N–C) groups is 1. The summed E-state index contributed by atoms with van der Waals surface area (Å²) in [5, 5.41) is 6.92. The first-order chi connectivity index (χ1) is 11.3. The van der Waals surface area contributed by atoms with Crippen LogP contribution in [0.15, 0.2) is 52.4 Å². The summed E-state index contributed by atoms with van der Waals surface area (Å²) < 4.78 is 0. The molecule has 1 aliphatic carbocycles. The number of thioether (sulfide) groups is 1. The van der Waals surface area contributed by atoms with Gasteiger partial charge in [0.2, 0.25) is 0 Å². The molecule has 24 heavy (non-hydrogen) atoms. The van der Waals surface area contributed by atoms with E-state index >= 15 is 0 Å². The van der Waals surface area contributed by atoms with Gasteiger partial charge in [0, 0.05) is 11.4 Å². The van der Waals surface area contributed by atoms with Crippen molar-refractivity contribution in [3.63, 3.8) is 0 Å². The Hall–Kier alpha value is -1.91. The molecule has 2 N–H and O–H groups in total. The summed E-state index contributed by atoms with van der Waals surface area (Å²) in [5.41, 5.74) is 5.10. The average molecular weight is 358 g/mol. The first-order valence-corrected chi connectivity index (χ1v) is 9.07. The predicted molar refractivity (Wildman–Crippen MR) is 106 cm³/mol. The molecule has 3 nitrogen and oxygen atoms in total.